The second-order valence-corrected chi connectivity index (χ2v) is 11.5. The van der Waals surface area contributed by atoms with Gasteiger partial charge in [0.1, 0.15) is 5.82 Å². The van der Waals surface area contributed by atoms with Crippen molar-refractivity contribution < 1.29 is 13.7 Å². The van der Waals surface area contributed by atoms with Gasteiger partial charge in [-0.25, -0.2) is 14.8 Å². The smallest absolute Gasteiger partial charge is 0.318 e. The summed E-state index contributed by atoms with van der Waals surface area (Å²) >= 11 is 6.04. The van der Waals surface area contributed by atoms with Crippen LogP contribution in [0, 0.1) is 0 Å². The zero-order valence-electron chi connectivity index (χ0n) is 20.7. The molecule has 10 heteroatoms. The van der Waals surface area contributed by atoms with E-state index in [1.54, 1.807) is 43.4 Å². The summed E-state index contributed by atoms with van der Waals surface area (Å²) in [6.45, 7) is 7.86. The molecule has 8 nitrogen and oxygen atoms in total. The standard InChI is InChI=1S/C26H30ClN5O3S/c1-17-16-35-14-13-32(17)23-15-22(26(2,3)36(34)21-11-7-19(27)8-12-21)30-24(31-23)18-5-9-20(10-6-18)29-25(33)28-4/h5-12,15,17H,13-14,16H2,1-4H3,(H2,28,29,33)/t17-,36?/m0/s1. The molecule has 1 aliphatic rings. The number of carbonyl (C=O) groups is 1. The van der Waals surface area contributed by atoms with Gasteiger partial charge in [0.05, 0.1) is 40.5 Å². The lowest BCUT2D eigenvalue weighted by atomic mass is 10.1. The fraction of sp³-hybridized carbons (Fsp3) is 0.346. The second kappa shape index (κ2) is 10.9. The second-order valence-electron chi connectivity index (χ2n) is 9.07. The molecule has 0 radical (unpaired) electrons. The molecule has 1 fully saturated rings. The zero-order chi connectivity index (χ0) is 25.9. The van der Waals surface area contributed by atoms with Gasteiger partial charge < -0.3 is 20.3 Å². The third kappa shape index (κ3) is 5.69. The van der Waals surface area contributed by atoms with Gasteiger partial charge in [0, 0.05) is 40.8 Å². The number of amides is 2. The van der Waals surface area contributed by atoms with Crippen molar-refractivity contribution >= 4 is 39.9 Å². The van der Waals surface area contributed by atoms with Gasteiger partial charge >= 0.3 is 6.03 Å². The van der Waals surface area contributed by atoms with E-state index in [0.717, 1.165) is 11.4 Å². The molecule has 190 valence electrons. The summed E-state index contributed by atoms with van der Waals surface area (Å²) in [5.74, 6) is 1.29. The van der Waals surface area contributed by atoms with E-state index in [9.17, 15) is 9.00 Å². The van der Waals surface area contributed by atoms with Crippen molar-refractivity contribution in [2.45, 2.75) is 36.5 Å². The number of hydrogen-bond donors (Lipinski definition) is 2. The van der Waals surface area contributed by atoms with Crippen LogP contribution in [-0.2, 0) is 20.3 Å². The first-order valence-electron chi connectivity index (χ1n) is 11.7. The van der Waals surface area contributed by atoms with Crippen molar-refractivity contribution in [3.05, 3.63) is 65.3 Å². The Bertz CT molecular complexity index is 1250. The molecule has 2 atom stereocenters. The molecule has 3 aromatic rings. The van der Waals surface area contributed by atoms with Crippen LogP contribution < -0.4 is 15.5 Å². The third-order valence-electron chi connectivity index (χ3n) is 6.11. The highest BCUT2D eigenvalue weighted by Gasteiger charge is 2.33. The summed E-state index contributed by atoms with van der Waals surface area (Å²) in [7, 11) is 0.165. The van der Waals surface area contributed by atoms with E-state index in [4.69, 9.17) is 26.3 Å². The topological polar surface area (TPSA) is 96.5 Å². The minimum Gasteiger partial charge on any atom is -0.377 e. The number of benzene rings is 2. The first-order chi connectivity index (χ1) is 17.2. The zero-order valence-corrected chi connectivity index (χ0v) is 22.3. The monoisotopic (exact) mass is 527 g/mol. The van der Waals surface area contributed by atoms with Gasteiger partial charge in [-0.15, -0.1) is 0 Å². The van der Waals surface area contributed by atoms with Gasteiger partial charge in [-0.05, 0) is 69.3 Å². The summed E-state index contributed by atoms with van der Waals surface area (Å²) < 4.78 is 18.5. The van der Waals surface area contributed by atoms with Gasteiger partial charge in [-0.2, -0.15) is 0 Å². The molecule has 2 aromatic carbocycles. The Morgan fingerprint density at radius 3 is 2.47 bits per heavy atom. The quantitative estimate of drug-likeness (QED) is 0.477. The van der Waals surface area contributed by atoms with Crippen LogP contribution in [0.2, 0.25) is 5.02 Å². The number of rotatable bonds is 6. The minimum absolute atomic E-state index is 0.137. The van der Waals surface area contributed by atoms with Gasteiger partial charge in [0.25, 0.3) is 0 Å². The summed E-state index contributed by atoms with van der Waals surface area (Å²) in [4.78, 5) is 24.3. The number of urea groups is 1. The fourth-order valence-electron chi connectivity index (χ4n) is 3.93. The number of hydrogen-bond acceptors (Lipinski definition) is 6. The van der Waals surface area contributed by atoms with Gasteiger partial charge in [0.2, 0.25) is 0 Å². The predicted molar refractivity (Wildman–Crippen MR) is 144 cm³/mol. The Kier molecular flexibility index (Phi) is 7.92. The molecule has 2 heterocycles. The molecular formula is C26H30ClN5O3S. The van der Waals surface area contributed by atoms with E-state index in [2.05, 4.69) is 22.5 Å². The molecule has 2 N–H and O–H groups in total. The molecule has 0 saturated carbocycles. The van der Waals surface area contributed by atoms with Crippen LogP contribution in [0.1, 0.15) is 26.5 Å². The number of aromatic nitrogens is 2. The van der Waals surface area contributed by atoms with Crippen LogP contribution in [0.5, 0.6) is 0 Å². The summed E-state index contributed by atoms with van der Waals surface area (Å²) in [6, 6.07) is 16.1. The molecule has 0 spiro atoms. The number of nitrogens with one attached hydrogen (secondary N) is 2. The molecule has 0 bridgehead atoms. The first-order valence-corrected chi connectivity index (χ1v) is 13.2. The average Bonchev–Trinajstić information content (AvgIpc) is 2.89. The molecule has 0 aliphatic carbocycles. The van der Waals surface area contributed by atoms with Crippen LogP contribution in [-0.4, -0.2) is 53.1 Å². The largest absolute Gasteiger partial charge is 0.377 e. The molecule has 1 saturated heterocycles. The van der Waals surface area contributed by atoms with Gasteiger partial charge in [-0.3, -0.25) is 4.21 Å². The number of morpholine rings is 1. The van der Waals surface area contributed by atoms with Crippen molar-refractivity contribution in [3.63, 3.8) is 0 Å². The van der Waals surface area contributed by atoms with Crippen molar-refractivity contribution in [1.82, 2.24) is 15.3 Å². The van der Waals surface area contributed by atoms with Crippen molar-refractivity contribution in [3.8, 4) is 11.4 Å². The van der Waals surface area contributed by atoms with Crippen LogP contribution in [0.25, 0.3) is 11.4 Å². The van der Waals surface area contributed by atoms with Crippen molar-refractivity contribution in [2.75, 3.05) is 37.0 Å². The Morgan fingerprint density at radius 1 is 1.14 bits per heavy atom. The Hall–Kier alpha value is -3.01. The number of halogens is 1. The predicted octanol–water partition coefficient (Wildman–Crippen LogP) is 4.82. The molecule has 1 aliphatic heterocycles. The van der Waals surface area contributed by atoms with E-state index in [1.807, 2.05) is 32.0 Å². The molecule has 1 aromatic heterocycles. The van der Waals surface area contributed by atoms with Crippen LogP contribution >= 0.6 is 11.6 Å². The maximum absolute atomic E-state index is 13.7. The first kappa shape index (κ1) is 26.1. The number of ether oxygens (including phenoxy) is 1. The number of anilines is 2. The lowest BCUT2D eigenvalue weighted by Gasteiger charge is -2.35. The maximum atomic E-state index is 13.7. The fourth-order valence-corrected chi connectivity index (χ4v) is 5.32. The third-order valence-corrected chi connectivity index (χ3v) is 8.20. The highest BCUT2D eigenvalue weighted by Crippen LogP contribution is 2.34. The molecule has 36 heavy (non-hydrogen) atoms. The number of carbonyl (C=O) groups excluding carboxylic acids is 1. The SMILES string of the molecule is CNC(=O)Nc1ccc(-c2nc(N3CCOC[C@@H]3C)cc(C(C)(C)S(=O)c3ccc(Cl)cc3)n2)cc1. The van der Waals surface area contributed by atoms with Crippen molar-refractivity contribution in [2.24, 2.45) is 0 Å². The molecule has 4 rings (SSSR count). The number of nitrogens with zero attached hydrogens (tertiary/aromatic N) is 3. The lowest BCUT2D eigenvalue weighted by Crippen LogP contribution is -2.44. The highest BCUT2D eigenvalue weighted by atomic mass is 35.5. The van der Waals surface area contributed by atoms with E-state index < -0.39 is 15.5 Å². The van der Waals surface area contributed by atoms with Crippen molar-refractivity contribution in [1.29, 1.82) is 0 Å². The van der Waals surface area contributed by atoms with Crippen LogP contribution in [0.15, 0.2) is 59.5 Å². The highest BCUT2D eigenvalue weighted by molar-refractivity contribution is 7.86. The lowest BCUT2D eigenvalue weighted by molar-refractivity contribution is 0.0985. The van der Waals surface area contributed by atoms with Gasteiger partial charge in [0.15, 0.2) is 5.82 Å². The van der Waals surface area contributed by atoms with E-state index >= 15 is 0 Å². The molecule has 1 unspecified atom stereocenters. The average molecular weight is 528 g/mol. The van der Waals surface area contributed by atoms with E-state index in [-0.39, 0.29) is 12.1 Å². The van der Waals surface area contributed by atoms with Crippen LogP contribution in [0.4, 0.5) is 16.3 Å². The maximum Gasteiger partial charge on any atom is 0.318 e. The van der Waals surface area contributed by atoms with E-state index in [0.29, 0.717) is 46.9 Å². The Balaban J connectivity index is 1.76. The summed E-state index contributed by atoms with van der Waals surface area (Å²) in [6.07, 6.45) is 0. The molecular weight excluding hydrogens is 498 g/mol. The van der Waals surface area contributed by atoms with Gasteiger partial charge in [-0.1, -0.05) is 11.6 Å². The normalized spacial score (nSPS) is 16.9. The molecule has 2 amide bonds. The Morgan fingerprint density at radius 2 is 1.83 bits per heavy atom. The summed E-state index contributed by atoms with van der Waals surface area (Å²) in [5.41, 5.74) is 2.11. The summed E-state index contributed by atoms with van der Waals surface area (Å²) in [5, 5.41) is 5.87. The Labute approximate surface area is 218 Å². The van der Waals surface area contributed by atoms with Crippen LogP contribution in [0.3, 0.4) is 0 Å². The minimum atomic E-state index is -1.40. The van der Waals surface area contributed by atoms with E-state index in [1.165, 1.54) is 0 Å².